The molecule has 0 aromatic heterocycles. The average molecular weight is 271 g/mol. The van der Waals surface area contributed by atoms with Gasteiger partial charge in [-0.25, -0.2) is 21.1 Å². The molecule has 1 saturated heterocycles. The molecule has 0 aliphatic carbocycles. The Morgan fingerprint density at radius 3 is 2.44 bits per heavy atom. The summed E-state index contributed by atoms with van der Waals surface area (Å²) in [4.78, 5) is 0. The Morgan fingerprint density at radius 2 is 2.06 bits per heavy atom. The summed E-state index contributed by atoms with van der Waals surface area (Å²) in [6.45, 7) is 1.47. The average Bonchev–Trinajstić information content (AvgIpc) is 2.45. The zero-order valence-electron chi connectivity index (χ0n) is 9.33. The highest BCUT2D eigenvalue weighted by Crippen LogP contribution is 2.21. The van der Waals surface area contributed by atoms with Gasteiger partial charge in [-0.05, 0) is 13.3 Å². The Hall–Kier alpha value is -0.180. The fraction of sp³-hybridized carbons (Fsp3) is 1.00. The van der Waals surface area contributed by atoms with Gasteiger partial charge in [0.2, 0.25) is 10.0 Å². The van der Waals surface area contributed by atoms with Gasteiger partial charge >= 0.3 is 0 Å². The van der Waals surface area contributed by atoms with E-state index in [4.69, 9.17) is 5.11 Å². The Bertz CT molecular complexity index is 439. The summed E-state index contributed by atoms with van der Waals surface area (Å²) in [6.07, 6.45) is -0.618. The van der Waals surface area contributed by atoms with Crippen LogP contribution >= 0.6 is 0 Å². The molecule has 96 valence electrons. The number of sulfonamides is 1. The number of likely N-dealkylation sites (N-methyl/N-ethyl adjacent to an activating group) is 1. The number of aliphatic hydroxyl groups excluding tert-OH is 1. The molecule has 1 heterocycles. The van der Waals surface area contributed by atoms with Gasteiger partial charge in [0.15, 0.2) is 9.84 Å². The van der Waals surface area contributed by atoms with E-state index in [0.29, 0.717) is 0 Å². The minimum atomic E-state index is -3.61. The van der Waals surface area contributed by atoms with Gasteiger partial charge in [0, 0.05) is 13.6 Å². The third-order valence-electron chi connectivity index (χ3n) is 2.57. The highest BCUT2D eigenvalue weighted by molar-refractivity contribution is 7.95. The smallest absolute Gasteiger partial charge is 0.217 e. The maximum Gasteiger partial charge on any atom is 0.217 e. The topological polar surface area (TPSA) is 91.8 Å². The molecule has 0 aromatic rings. The second kappa shape index (κ2) is 4.59. The van der Waals surface area contributed by atoms with Gasteiger partial charge in [-0.1, -0.05) is 0 Å². The highest BCUT2D eigenvalue weighted by Gasteiger charge is 2.39. The van der Waals surface area contributed by atoms with Crippen LogP contribution in [0.15, 0.2) is 0 Å². The van der Waals surface area contributed by atoms with Crippen molar-refractivity contribution in [2.75, 3.05) is 25.1 Å². The van der Waals surface area contributed by atoms with E-state index in [-0.39, 0.29) is 24.5 Å². The van der Waals surface area contributed by atoms with E-state index in [1.54, 1.807) is 0 Å². The molecule has 0 spiro atoms. The summed E-state index contributed by atoms with van der Waals surface area (Å²) in [7, 11) is -5.47. The maximum atomic E-state index is 11.9. The molecule has 2 unspecified atom stereocenters. The first kappa shape index (κ1) is 13.9. The normalized spacial score (nSPS) is 27.1. The molecule has 16 heavy (non-hydrogen) atoms. The summed E-state index contributed by atoms with van der Waals surface area (Å²) < 4.78 is 47.2. The van der Waals surface area contributed by atoms with Gasteiger partial charge < -0.3 is 5.11 Å². The fourth-order valence-electron chi connectivity index (χ4n) is 1.73. The molecule has 8 heteroatoms. The summed E-state index contributed by atoms with van der Waals surface area (Å²) in [5.74, 6) is -0.376. The molecule has 0 bridgehead atoms. The molecule has 1 fully saturated rings. The molecule has 6 nitrogen and oxygen atoms in total. The number of sulfone groups is 1. The molecule has 0 aromatic carbocycles. The lowest BCUT2D eigenvalue weighted by molar-refractivity contribution is 0.171. The molecule has 1 N–H and O–H groups in total. The summed E-state index contributed by atoms with van der Waals surface area (Å²) in [5, 5.41) is 8.25. The molecular formula is C8H17NO5S2. The van der Waals surface area contributed by atoms with E-state index in [1.165, 1.54) is 14.0 Å². The van der Waals surface area contributed by atoms with Crippen LogP contribution in [0.4, 0.5) is 0 Å². The van der Waals surface area contributed by atoms with Crippen molar-refractivity contribution in [3.05, 3.63) is 0 Å². The molecule has 2 atom stereocenters. The van der Waals surface area contributed by atoms with Crippen molar-refractivity contribution >= 4 is 19.9 Å². The van der Waals surface area contributed by atoms with Crippen LogP contribution in [0.2, 0.25) is 0 Å². The van der Waals surface area contributed by atoms with Gasteiger partial charge in [0.05, 0.1) is 22.9 Å². The zero-order chi connectivity index (χ0) is 12.6. The van der Waals surface area contributed by atoms with Crippen molar-refractivity contribution in [1.82, 2.24) is 4.31 Å². The largest absolute Gasteiger partial charge is 0.392 e. The van der Waals surface area contributed by atoms with Gasteiger partial charge in [-0.3, -0.25) is 0 Å². The van der Waals surface area contributed by atoms with Gasteiger partial charge in [-0.15, -0.1) is 0 Å². The summed E-state index contributed by atoms with van der Waals surface area (Å²) in [6, 6.07) is 0. The van der Waals surface area contributed by atoms with E-state index in [9.17, 15) is 16.8 Å². The predicted octanol–water partition coefficient (Wildman–Crippen LogP) is -1.18. The standard InChI is InChI=1S/C8H17NO5S2/c1-7(10)5-9(2)16(13,14)8-3-4-15(11,12)6-8/h7-8,10H,3-6H2,1-2H3. The lowest BCUT2D eigenvalue weighted by Crippen LogP contribution is -2.40. The lowest BCUT2D eigenvalue weighted by atomic mass is 10.4. The molecule has 0 saturated carbocycles. The van der Waals surface area contributed by atoms with E-state index >= 15 is 0 Å². The minimum absolute atomic E-state index is 0.0150. The van der Waals surface area contributed by atoms with Crippen LogP contribution in [0.3, 0.4) is 0 Å². The van der Waals surface area contributed by atoms with Crippen molar-refractivity contribution in [3.63, 3.8) is 0 Å². The maximum absolute atomic E-state index is 11.9. The van der Waals surface area contributed by atoms with Crippen molar-refractivity contribution in [3.8, 4) is 0 Å². The molecular weight excluding hydrogens is 254 g/mol. The van der Waals surface area contributed by atoms with Crippen LogP contribution in [0.5, 0.6) is 0 Å². The third-order valence-corrected chi connectivity index (χ3v) is 6.81. The quantitative estimate of drug-likeness (QED) is 0.694. The Labute approximate surface area is 96.2 Å². The number of nitrogens with zero attached hydrogens (tertiary/aromatic N) is 1. The molecule has 1 aliphatic rings. The monoisotopic (exact) mass is 271 g/mol. The number of aliphatic hydroxyl groups is 1. The molecule has 0 amide bonds. The SMILES string of the molecule is CC(O)CN(C)S(=O)(=O)C1CCS(=O)(=O)C1. The van der Waals surface area contributed by atoms with Crippen LogP contribution in [0.1, 0.15) is 13.3 Å². The van der Waals surface area contributed by atoms with Crippen molar-refractivity contribution in [1.29, 1.82) is 0 Å². The second-order valence-corrected chi connectivity index (χ2v) is 8.75. The fourth-order valence-corrected chi connectivity index (χ4v) is 6.08. The first-order chi connectivity index (χ1) is 7.15. The van der Waals surface area contributed by atoms with E-state index < -0.39 is 31.2 Å². The van der Waals surface area contributed by atoms with Crippen molar-refractivity contribution < 1.29 is 21.9 Å². The van der Waals surface area contributed by atoms with Crippen LogP contribution in [-0.2, 0) is 19.9 Å². The van der Waals surface area contributed by atoms with Crippen LogP contribution in [-0.4, -0.2) is 62.7 Å². The first-order valence-electron chi connectivity index (χ1n) is 4.99. The summed E-state index contributed by atoms with van der Waals surface area (Å²) in [5.41, 5.74) is 0. The van der Waals surface area contributed by atoms with Gasteiger partial charge in [0.25, 0.3) is 0 Å². The lowest BCUT2D eigenvalue weighted by Gasteiger charge is -2.21. The molecule has 1 rings (SSSR count). The highest BCUT2D eigenvalue weighted by atomic mass is 32.2. The van der Waals surface area contributed by atoms with Crippen molar-refractivity contribution in [2.45, 2.75) is 24.7 Å². The Morgan fingerprint density at radius 1 is 1.50 bits per heavy atom. The van der Waals surface area contributed by atoms with E-state index in [1.807, 2.05) is 0 Å². The molecule has 1 aliphatic heterocycles. The third kappa shape index (κ3) is 3.16. The van der Waals surface area contributed by atoms with E-state index in [0.717, 1.165) is 4.31 Å². The minimum Gasteiger partial charge on any atom is -0.392 e. The predicted molar refractivity (Wildman–Crippen MR) is 60.3 cm³/mol. The number of hydrogen-bond donors (Lipinski definition) is 1. The van der Waals surface area contributed by atoms with Crippen LogP contribution < -0.4 is 0 Å². The van der Waals surface area contributed by atoms with Gasteiger partial charge in [0.1, 0.15) is 0 Å². The second-order valence-electron chi connectivity index (χ2n) is 4.20. The first-order valence-corrected chi connectivity index (χ1v) is 8.31. The number of hydrogen-bond acceptors (Lipinski definition) is 5. The van der Waals surface area contributed by atoms with E-state index in [2.05, 4.69) is 0 Å². The number of rotatable bonds is 4. The molecule has 0 radical (unpaired) electrons. The van der Waals surface area contributed by atoms with Crippen LogP contribution in [0, 0.1) is 0 Å². The zero-order valence-corrected chi connectivity index (χ0v) is 11.0. The van der Waals surface area contributed by atoms with Crippen molar-refractivity contribution in [2.24, 2.45) is 0 Å². The summed E-state index contributed by atoms with van der Waals surface area (Å²) >= 11 is 0. The Kier molecular flexibility index (Phi) is 3.99. The van der Waals surface area contributed by atoms with Gasteiger partial charge in [-0.2, -0.15) is 0 Å². The van der Waals surface area contributed by atoms with Crippen LogP contribution in [0.25, 0.3) is 0 Å². The Balaban J connectivity index is 2.80.